The van der Waals surface area contributed by atoms with Crippen molar-refractivity contribution in [2.45, 2.75) is 63.2 Å². The maximum absolute atomic E-state index is 12.3. The number of nitrogens with one attached hydrogen (secondary N) is 1. The van der Waals surface area contributed by atoms with Crippen LogP contribution in [0.5, 0.6) is 0 Å². The second-order valence-electron chi connectivity index (χ2n) is 11.7. The van der Waals surface area contributed by atoms with E-state index in [1.165, 1.54) is 18.7 Å². The van der Waals surface area contributed by atoms with Gasteiger partial charge in [-0.1, -0.05) is 96.7 Å². The zero-order valence-electron chi connectivity index (χ0n) is 27.1. The highest BCUT2D eigenvalue weighted by Gasteiger charge is 2.32. The lowest BCUT2D eigenvalue weighted by molar-refractivity contribution is -0.245. The summed E-state index contributed by atoms with van der Waals surface area (Å²) in [6.45, 7) is 3.10. The number of esters is 1. The smallest absolute Gasteiger partial charge is 0.303 e. The van der Waals surface area contributed by atoms with Crippen LogP contribution in [0.15, 0.2) is 108 Å². The monoisotopic (exact) mass is 679 g/mol. The number of aliphatic hydroxyl groups excluding tert-OH is 1. The molecule has 1 aromatic heterocycles. The lowest BCUT2D eigenvalue weighted by Crippen LogP contribution is -2.35. The van der Waals surface area contributed by atoms with E-state index in [1.54, 1.807) is 11.6 Å². The van der Waals surface area contributed by atoms with E-state index in [1.807, 2.05) is 103 Å². The summed E-state index contributed by atoms with van der Waals surface area (Å²) < 4.78 is 19.8. The van der Waals surface area contributed by atoms with E-state index < -0.39 is 18.4 Å². The zero-order valence-corrected chi connectivity index (χ0v) is 28.0. The fourth-order valence-corrected chi connectivity index (χ4v) is 6.43. The Morgan fingerprint density at radius 2 is 1.69 bits per heavy atom. The molecule has 1 saturated heterocycles. The Balaban J connectivity index is 1.16. The van der Waals surface area contributed by atoms with Gasteiger partial charge in [-0.25, -0.2) is 0 Å². The molecular weight excluding hydrogens is 643 g/mol. The van der Waals surface area contributed by atoms with Gasteiger partial charge in [0.25, 0.3) is 5.91 Å². The molecule has 5 aromatic rings. The third kappa shape index (κ3) is 8.78. The van der Waals surface area contributed by atoms with Gasteiger partial charge in [0.2, 0.25) is 5.16 Å². The van der Waals surface area contributed by atoms with Crippen LogP contribution in [-0.4, -0.2) is 55.2 Å². The topological polar surface area (TPSA) is 138 Å². The number of rotatable bonds is 12. The molecule has 2 N–H and O–H groups in total. The van der Waals surface area contributed by atoms with Crippen molar-refractivity contribution in [3.05, 3.63) is 125 Å². The van der Waals surface area contributed by atoms with E-state index in [0.29, 0.717) is 23.9 Å². The Kier molecular flexibility index (Phi) is 11.1. The molecule has 0 aliphatic carbocycles. The van der Waals surface area contributed by atoms with E-state index in [0.717, 1.165) is 39.1 Å². The second-order valence-corrected chi connectivity index (χ2v) is 12.6. The first kappa shape index (κ1) is 34.0. The number of carbonyl (C=O) groups excluding carboxylic acids is 2. The summed E-state index contributed by atoms with van der Waals surface area (Å²) in [6, 6.07) is 33.5. The molecule has 12 heteroatoms. The number of aliphatic hydroxyl groups is 1. The van der Waals surface area contributed by atoms with E-state index in [4.69, 9.17) is 14.2 Å². The minimum atomic E-state index is -0.860. The highest BCUT2D eigenvalue weighted by atomic mass is 32.2. The van der Waals surface area contributed by atoms with Gasteiger partial charge in [0.1, 0.15) is 0 Å². The number of amides is 1. The van der Waals surface area contributed by atoms with E-state index in [9.17, 15) is 14.7 Å². The van der Waals surface area contributed by atoms with Crippen LogP contribution < -0.4 is 5.32 Å². The van der Waals surface area contributed by atoms with E-state index in [-0.39, 0.29) is 24.7 Å². The number of tetrazole rings is 1. The number of benzene rings is 4. The van der Waals surface area contributed by atoms with Gasteiger partial charge in [-0.15, -0.1) is 5.10 Å². The van der Waals surface area contributed by atoms with Crippen molar-refractivity contribution < 1.29 is 28.9 Å². The van der Waals surface area contributed by atoms with Crippen molar-refractivity contribution in [2.24, 2.45) is 0 Å². The summed E-state index contributed by atoms with van der Waals surface area (Å²) in [5, 5.41) is 25.4. The maximum atomic E-state index is 12.3. The van der Waals surface area contributed by atoms with Crippen molar-refractivity contribution in [1.82, 2.24) is 25.5 Å². The first-order chi connectivity index (χ1) is 23.9. The number of hydrogen-bond donors (Lipinski definition) is 2. The van der Waals surface area contributed by atoms with Gasteiger partial charge in [-0.3, -0.25) is 9.59 Å². The van der Waals surface area contributed by atoms with Gasteiger partial charge in [0, 0.05) is 31.2 Å². The first-order valence-corrected chi connectivity index (χ1v) is 17.0. The number of para-hydroxylation sites is 1. The third-order valence-electron chi connectivity index (χ3n) is 8.08. The van der Waals surface area contributed by atoms with Gasteiger partial charge in [0.05, 0.1) is 24.5 Å². The van der Waals surface area contributed by atoms with Crippen LogP contribution in [0.1, 0.15) is 54.9 Å². The highest BCUT2D eigenvalue weighted by Crippen LogP contribution is 2.40. The van der Waals surface area contributed by atoms with Crippen LogP contribution in [0.25, 0.3) is 16.8 Å². The lowest BCUT2D eigenvalue weighted by Gasteiger charge is -2.36. The predicted octanol–water partition coefficient (Wildman–Crippen LogP) is 5.73. The summed E-state index contributed by atoms with van der Waals surface area (Å²) in [5.41, 5.74) is 6.51. The molecule has 0 spiro atoms. The van der Waals surface area contributed by atoms with Crippen LogP contribution >= 0.6 is 11.8 Å². The Hall–Kier alpha value is -4.88. The molecular formula is C37H37N5O6S. The van der Waals surface area contributed by atoms with Crippen LogP contribution in [0.2, 0.25) is 0 Å². The predicted molar refractivity (Wildman–Crippen MR) is 183 cm³/mol. The molecule has 1 fully saturated rings. The molecule has 1 aliphatic rings. The summed E-state index contributed by atoms with van der Waals surface area (Å²) in [6.07, 6.45) is -1.22. The first-order valence-electron chi connectivity index (χ1n) is 16.0. The molecule has 252 valence electrons. The fraction of sp³-hybridized carbons (Fsp3) is 0.270. The van der Waals surface area contributed by atoms with Crippen LogP contribution in [0.3, 0.4) is 0 Å². The number of ether oxygens (including phenoxy) is 3. The second kappa shape index (κ2) is 16.0. The van der Waals surface area contributed by atoms with Gasteiger partial charge < -0.3 is 24.6 Å². The molecule has 6 rings (SSSR count). The van der Waals surface area contributed by atoms with Crippen molar-refractivity contribution in [3.8, 4) is 16.8 Å². The minimum absolute atomic E-state index is 0.0217. The Morgan fingerprint density at radius 1 is 0.939 bits per heavy atom. The third-order valence-corrected chi connectivity index (χ3v) is 9.13. The molecule has 0 radical (unpaired) electrons. The van der Waals surface area contributed by atoms with Crippen LogP contribution in [-0.2, 0) is 37.0 Å². The number of nitrogens with zero attached hydrogens (tertiary/aromatic N) is 4. The molecule has 4 atom stereocenters. The van der Waals surface area contributed by atoms with Gasteiger partial charge in [-0.2, -0.15) is 4.68 Å². The van der Waals surface area contributed by atoms with E-state index in [2.05, 4.69) is 20.8 Å². The quantitative estimate of drug-likeness (QED) is 0.124. The molecule has 49 heavy (non-hydrogen) atoms. The lowest BCUT2D eigenvalue weighted by atomic mass is 9.99. The molecule has 4 aromatic carbocycles. The highest BCUT2D eigenvalue weighted by molar-refractivity contribution is 7.99. The molecule has 0 unspecified atom stereocenters. The van der Waals surface area contributed by atoms with E-state index >= 15 is 0 Å². The molecule has 11 nitrogen and oxygen atoms in total. The molecule has 0 saturated carbocycles. The molecule has 2 heterocycles. The summed E-state index contributed by atoms with van der Waals surface area (Å²) in [5.74, 6) is -0.244. The number of hydrogen-bond acceptors (Lipinski definition) is 10. The van der Waals surface area contributed by atoms with Crippen molar-refractivity contribution in [2.75, 3.05) is 5.75 Å². The summed E-state index contributed by atoms with van der Waals surface area (Å²) in [4.78, 5) is 23.5. The van der Waals surface area contributed by atoms with Crippen LogP contribution in [0.4, 0.5) is 0 Å². The van der Waals surface area contributed by atoms with Crippen molar-refractivity contribution >= 4 is 23.6 Å². The largest absolute Gasteiger partial charge is 0.453 e. The summed E-state index contributed by atoms with van der Waals surface area (Å²) >= 11 is 1.53. The zero-order chi connectivity index (χ0) is 34.2. The summed E-state index contributed by atoms with van der Waals surface area (Å²) in [7, 11) is 0. The average molecular weight is 680 g/mol. The number of carbonyl (C=O) groups is 2. The molecule has 1 aliphatic heterocycles. The normalized spacial score (nSPS) is 18.1. The number of thioether (sulfide) groups is 1. The van der Waals surface area contributed by atoms with Crippen molar-refractivity contribution in [3.63, 3.8) is 0 Å². The minimum Gasteiger partial charge on any atom is -0.453 e. The van der Waals surface area contributed by atoms with Crippen LogP contribution in [0, 0.1) is 0 Å². The fourth-order valence-electron chi connectivity index (χ4n) is 5.52. The molecule has 0 bridgehead atoms. The van der Waals surface area contributed by atoms with Gasteiger partial charge >= 0.3 is 5.97 Å². The number of aromatic nitrogens is 4. The Bertz CT molecular complexity index is 1850. The Labute approximate surface area is 288 Å². The SMILES string of the molecule is CC(=O)O[C@@H](C)C(=O)NCc1cccc(-c2ccc([C@@H]3O[C@H](CSc4nnnn4-c4ccccc4)C[C@H](c4ccc(CO)cc4)O3)cc2)c1. The maximum Gasteiger partial charge on any atom is 0.303 e. The van der Waals surface area contributed by atoms with Gasteiger partial charge in [0.15, 0.2) is 12.4 Å². The molecule has 1 amide bonds. The van der Waals surface area contributed by atoms with Crippen molar-refractivity contribution in [1.29, 1.82) is 0 Å². The standard InChI is InChI=1S/C37H37N5O6S/c1-24(46-25(2)44)35(45)38-21-27-7-6-8-31(19-27)28-15-17-30(18-16-28)36-47-33(20-34(48-36)29-13-11-26(22-43)12-14-29)23-49-37-39-40-41-42(37)32-9-4-3-5-10-32/h3-19,24,33-34,36,43H,20-23H2,1-2H3,(H,38,45)/t24-,33-,34+,36+/m0/s1. The van der Waals surface area contributed by atoms with Gasteiger partial charge in [-0.05, 0) is 63.4 Å². The Morgan fingerprint density at radius 3 is 2.43 bits per heavy atom. The average Bonchev–Trinajstić information content (AvgIpc) is 3.62.